The van der Waals surface area contributed by atoms with Crippen LogP contribution < -0.4 is 0 Å². The van der Waals surface area contributed by atoms with E-state index in [4.69, 9.17) is 11.6 Å². The molecule has 1 heteroatoms. The Bertz CT molecular complexity index is 154. The van der Waals surface area contributed by atoms with E-state index in [-0.39, 0.29) is 5.38 Å². The fourth-order valence-electron chi connectivity index (χ4n) is 1.14. The standard InChI is InChI=1S/C9H13Cl/c1-8(10)7-9-5-3-2-4-6-9/h3,5-6,8H,2,4,7H2,1H3. The van der Waals surface area contributed by atoms with Crippen molar-refractivity contribution in [2.24, 2.45) is 0 Å². The lowest BCUT2D eigenvalue weighted by atomic mass is 10.0. The molecule has 0 aliphatic heterocycles. The van der Waals surface area contributed by atoms with Crippen molar-refractivity contribution in [2.75, 3.05) is 0 Å². The summed E-state index contributed by atoms with van der Waals surface area (Å²) in [7, 11) is 0. The summed E-state index contributed by atoms with van der Waals surface area (Å²) in [6.45, 7) is 2.03. The van der Waals surface area contributed by atoms with Crippen molar-refractivity contribution in [2.45, 2.75) is 31.6 Å². The van der Waals surface area contributed by atoms with Crippen molar-refractivity contribution in [1.82, 2.24) is 0 Å². The van der Waals surface area contributed by atoms with Crippen molar-refractivity contribution in [3.63, 3.8) is 0 Å². The van der Waals surface area contributed by atoms with Gasteiger partial charge in [0.05, 0.1) is 0 Å². The van der Waals surface area contributed by atoms with Gasteiger partial charge >= 0.3 is 0 Å². The van der Waals surface area contributed by atoms with Gasteiger partial charge in [-0.2, -0.15) is 0 Å². The van der Waals surface area contributed by atoms with Crippen LogP contribution in [0.4, 0.5) is 0 Å². The molecule has 0 nitrogen and oxygen atoms in total. The zero-order valence-corrected chi connectivity index (χ0v) is 7.06. The molecule has 1 rings (SSSR count). The Morgan fingerprint density at radius 3 is 2.90 bits per heavy atom. The van der Waals surface area contributed by atoms with E-state index in [9.17, 15) is 0 Å². The van der Waals surface area contributed by atoms with Gasteiger partial charge in [0.15, 0.2) is 0 Å². The predicted octanol–water partition coefficient (Wildman–Crippen LogP) is 3.28. The lowest BCUT2D eigenvalue weighted by Crippen LogP contribution is -1.94. The molecule has 0 aromatic carbocycles. The first-order valence-corrected chi connectivity index (χ1v) is 4.22. The van der Waals surface area contributed by atoms with Crippen LogP contribution in [0.3, 0.4) is 0 Å². The summed E-state index contributed by atoms with van der Waals surface area (Å²) in [5.74, 6) is 0. The van der Waals surface area contributed by atoms with Crippen LogP contribution in [-0.2, 0) is 0 Å². The molecule has 1 aliphatic rings. The average molecular weight is 157 g/mol. The van der Waals surface area contributed by atoms with E-state index in [0.717, 1.165) is 6.42 Å². The first-order chi connectivity index (χ1) is 4.79. The largest absolute Gasteiger partial charge is 0.123 e. The molecule has 1 atom stereocenters. The van der Waals surface area contributed by atoms with Gasteiger partial charge in [0.2, 0.25) is 0 Å². The van der Waals surface area contributed by atoms with Gasteiger partial charge in [-0.05, 0) is 26.2 Å². The molecule has 0 N–H and O–H groups in total. The van der Waals surface area contributed by atoms with E-state index in [0.29, 0.717) is 0 Å². The zero-order chi connectivity index (χ0) is 7.40. The minimum atomic E-state index is 0.272. The van der Waals surface area contributed by atoms with E-state index in [2.05, 4.69) is 18.2 Å². The summed E-state index contributed by atoms with van der Waals surface area (Å²) in [5.41, 5.74) is 1.40. The van der Waals surface area contributed by atoms with Crippen LogP contribution in [-0.4, -0.2) is 5.38 Å². The van der Waals surface area contributed by atoms with Crippen LogP contribution in [0.2, 0.25) is 0 Å². The third kappa shape index (κ3) is 2.57. The third-order valence-electron chi connectivity index (χ3n) is 1.59. The molecule has 1 aliphatic carbocycles. The molecule has 10 heavy (non-hydrogen) atoms. The summed E-state index contributed by atoms with van der Waals surface area (Å²) in [6.07, 6.45) is 10.1. The highest BCUT2D eigenvalue weighted by Gasteiger charge is 2.00. The third-order valence-corrected chi connectivity index (χ3v) is 1.74. The molecule has 0 heterocycles. The maximum atomic E-state index is 5.84. The second kappa shape index (κ2) is 3.82. The van der Waals surface area contributed by atoms with Crippen LogP contribution in [0.15, 0.2) is 23.8 Å². The fourth-order valence-corrected chi connectivity index (χ4v) is 1.32. The molecule has 56 valence electrons. The summed E-state index contributed by atoms with van der Waals surface area (Å²) in [5, 5.41) is 0.272. The van der Waals surface area contributed by atoms with Gasteiger partial charge in [-0.15, -0.1) is 11.6 Å². The van der Waals surface area contributed by atoms with Crippen molar-refractivity contribution in [3.8, 4) is 0 Å². The quantitative estimate of drug-likeness (QED) is 0.539. The van der Waals surface area contributed by atoms with E-state index in [1.165, 1.54) is 18.4 Å². The van der Waals surface area contributed by atoms with Crippen LogP contribution in [0, 0.1) is 0 Å². The molecule has 1 unspecified atom stereocenters. The number of alkyl halides is 1. The Kier molecular flexibility index (Phi) is 3.01. The number of hydrogen-bond donors (Lipinski definition) is 0. The molecule has 0 bridgehead atoms. The molecular formula is C9H13Cl. The van der Waals surface area contributed by atoms with Gasteiger partial charge in [0, 0.05) is 5.38 Å². The SMILES string of the molecule is CC(Cl)CC1=CCCC=C1. The molecule has 0 aromatic heterocycles. The van der Waals surface area contributed by atoms with Gasteiger partial charge in [0.1, 0.15) is 0 Å². The monoisotopic (exact) mass is 156 g/mol. The van der Waals surface area contributed by atoms with Crippen LogP contribution in [0.1, 0.15) is 26.2 Å². The molecule has 0 radical (unpaired) electrons. The molecule has 0 fully saturated rings. The fraction of sp³-hybridized carbons (Fsp3) is 0.556. The smallest absolute Gasteiger partial charge is 0.0348 e. The average Bonchev–Trinajstić information content (AvgIpc) is 1.88. The molecule has 0 saturated carbocycles. The van der Waals surface area contributed by atoms with E-state index in [1.807, 2.05) is 6.92 Å². The number of rotatable bonds is 2. The second-order valence-corrected chi connectivity index (χ2v) is 3.49. The van der Waals surface area contributed by atoms with Crippen LogP contribution in [0.25, 0.3) is 0 Å². The van der Waals surface area contributed by atoms with Crippen LogP contribution >= 0.6 is 11.6 Å². The summed E-state index contributed by atoms with van der Waals surface area (Å²) >= 11 is 5.84. The first kappa shape index (κ1) is 7.87. The normalized spacial score (nSPS) is 20.4. The molecular weight excluding hydrogens is 144 g/mol. The van der Waals surface area contributed by atoms with Gasteiger partial charge in [-0.1, -0.05) is 23.8 Å². The van der Waals surface area contributed by atoms with E-state index >= 15 is 0 Å². The summed E-state index contributed by atoms with van der Waals surface area (Å²) in [4.78, 5) is 0. The van der Waals surface area contributed by atoms with Gasteiger partial charge in [0.25, 0.3) is 0 Å². The van der Waals surface area contributed by atoms with Gasteiger partial charge < -0.3 is 0 Å². The van der Waals surface area contributed by atoms with Crippen molar-refractivity contribution < 1.29 is 0 Å². The van der Waals surface area contributed by atoms with Crippen molar-refractivity contribution in [3.05, 3.63) is 23.8 Å². The maximum absolute atomic E-state index is 5.84. The zero-order valence-electron chi connectivity index (χ0n) is 6.31. The Labute approximate surface area is 67.6 Å². The van der Waals surface area contributed by atoms with E-state index in [1.54, 1.807) is 0 Å². The lowest BCUT2D eigenvalue weighted by molar-refractivity contribution is 0.901. The Hall–Kier alpha value is -0.230. The predicted molar refractivity (Wildman–Crippen MR) is 46.4 cm³/mol. The maximum Gasteiger partial charge on any atom is 0.0348 e. The summed E-state index contributed by atoms with van der Waals surface area (Å²) in [6, 6.07) is 0. The van der Waals surface area contributed by atoms with Crippen LogP contribution in [0.5, 0.6) is 0 Å². The Balaban J connectivity index is 2.40. The topological polar surface area (TPSA) is 0 Å². The molecule has 0 amide bonds. The van der Waals surface area contributed by atoms with Crippen molar-refractivity contribution in [1.29, 1.82) is 0 Å². The number of allylic oxidation sites excluding steroid dienone is 4. The molecule has 0 aromatic rings. The van der Waals surface area contributed by atoms with Gasteiger partial charge in [-0.25, -0.2) is 0 Å². The van der Waals surface area contributed by atoms with E-state index < -0.39 is 0 Å². The highest BCUT2D eigenvalue weighted by Crippen LogP contribution is 2.16. The lowest BCUT2D eigenvalue weighted by Gasteiger charge is -2.07. The Morgan fingerprint density at radius 1 is 1.60 bits per heavy atom. The highest BCUT2D eigenvalue weighted by molar-refractivity contribution is 6.20. The molecule has 0 saturated heterocycles. The molecule has 0 spiro atoms. The van der Waals surface area contributed by atoms with Gasteiger partial charge in [-0.3, -0.25) is 0 Å². The number of halogens is 1. The minimum absolute atomic E-state index is 0.272. The Morgan fingerprint density at radius 2 is 2.40 bits per heavy atom. The highest BCUT2D eigenvalue weighted by atomic mass is 35.5. The number of hydrogen-bond acceptors (Lipinski definition) is 0. The second-order valence-electron chi connectivity index (χ2n) is 2.74. The minimum Gasteiger partial charge on any atom is -0.123 e. The van der Waals surface area contributed by atoms with Crippen molar-refractivity contribution >= 4 is 11.6 Å². The summed E-state index contributed by atoms with van der Waals surface area (Å²) < 4.78 is 0. The first-order valence-electron chi connectivity index (χ1n) is 3.78.